The summed E-state index contributed by atoms with van der Waals surface area (Å²) in [5.41, 5.74) is 0. The summed E-state index contributed by atoms with van der Waals surface area (Å²) in [7, 11) is -3.55. The molecule has 0 spiro atoms. The molecule has 3 rings (SSSR count). The molecule has 2 saturated heterocycles. The van der Waals surface area contributed by atoms with Gasteiger partial charge in [0.05, 0.1) is 0 Å². The summed E-state index contributed by atoms with van der Waals surface area (Å²) in [6.45, 7) is 3.89. The maximum Gasteiger partial charge on any atom is 0.265 e. The Morgan fingerprint density at radius 3 is 2.52 bits per heavy atom. The van der Waals surface area contributed by atoms with Crippen LogP contribution in [-0.2, 0) is 10.0 Å². The third-order valence-electron chi connectivity index (χ3n) is 4.82. The zero-order valence-corrected chi connectivity index (χ0v) is 15.2. The number of likely N-dealkylation sites (tertiary alicyclic amines) is 1. The topological polar surface area (TPSA) is 57.7 Å². The molecule has 0 aliphatic carbocycles. The summed E-state index contributed by atoms with van der Waals surface area (Å²) in [5, 5.41) is 1.72. The Bertz CT molecular complexity index is 663. The van der Waals surface area contributed by atoms with Crippen LogP contribution in [0.1, 0.15) is 55.1 Å². The highest BCUT2D eigenvalue weighted by Crippen LogP contribution is 2.30. The first-order valence-electron chi connectivity index (χ1n) is 8.40. The summed E-state index contributed by atoms with van der Waals surface area (Å²) in [6, 6.07) is 1.78. The van der Waals surface area contributed by atoms with Crippen LogP contribution in [0.5, 0.6) is 0 Å². The molecule has 7 heteroatoms. The van der Waals surface area contributed by atoms with E-state index >= 15 is 0 Å². The fourth-order valence-electron chi connectivity index (χ4n) is 3.43. The molecule has 2 aliphatic heterocycles. The van der Waals surface area contributed by atoms with Gasteiger partial charge in [0.15, 0.2) is 0 Å². The number of amides is 1. The summed E-state index contributed by atoms with van der Waals surface area (Å²) < 4.78 is 27.3. The third kappa shape index (κ3) is 3.32. The molecule has 3 heterocycles. The molecule has 23 heavy (non-hydrogen) atoms. The highest BCUT2D eigenvalue weighted by Gasteiger charge is 2.34. The molecule has 0 aromatic carbocycles. The molecule has 1 amide bonds. The molecule has 0 bridgehead atoms. The quantitative estimate of drug-likeness (QED) is 0.837. The molecule has 1 aromatic heterocycles. The number of nitrogens with zero attached hydrogens (tertiary/aromatic N) is 2. The number of hydrogen-bond acceptors (Lipinski definition) is 4. The average molecular weight is 357 g/mol. The van der Waals surface area contributed by atoms with Gasteiger partial charge in [-0.1, -0.05) is 6.42 Å². The van der Waals surface area contributed by atoms with E-state index in [1.807, 2.05) is 11.8 Å². The van der Waals surface area contributed by atoms with E-state index in [0.717, 1.165) is 45.1 Å². The van der Waals surface area contributed by atoms with Crippen molar-refractivity contribution in [2.24, 2.45) is 0 Å². The molecule has 0 N–H and O–H groups in total. The lowest BCUT2D eigenvalue weighted by Gasteiger charge is -2.33. The van der Waals surface area contributed by atoms with Gasteiger partial charge in [0.1, 0.15) is 9.77 Å². The van der Waals surface area contributed by atoms with Crippen LogP contribution < -0.4 is 0 Å². The van der Waals surface area contributed by atoms with Crippen LogP contribution in [0.3, 0.4) is 0 Å². The smallest absolute Gasteiger partial charge is 0.265 e. The van der Waals surface area contributed by atoms with Crippen LogP contribution in [0.15, 0.2) is 16.3 Å². The lowest BCUT2D eigenvalue weighted by Crippen LogP contribution is -2.42. The summed E-state index contributed by atoms with van der Waals surface area (Å²) >= 11 is 1.25. The van der Waals surface area contributed by atoms with E-state index in [-0.39, 0.29) is 16.8 Å². The first-order chi connectivity index (χ1) is 11.0. The number of sulfonamides is 1. The van der Waals surface area contributed by atoms with E-state index in [1.54, 1.807) is 11.4 Å². The van der Waals surface area contributed by atoms with Crippen molar-refractivity contribution in [3.8, 4) is 0 Å². The highest BCUT2D eigenvalue weighted by molar-refractivity contribution is 7.89. The first kappa shape index (κ1) is 16.9. The molecule has 2 aliphatic rings. The molecule has 0 saturated carbocycles. The fraction of sp³-hybridized carbons (Fsp3) is 0.688. The maximum atomic E-state index is 12.9. The largest absolute Gasteiger partial charge is 0.335 e. The van der Waals surface area contributed by atoms with Gasteiger partial charge in [0.2, 0.25) is 10.0 Å². The molecule has 5 nitrogen and oxygen atoms in total. The summed E-state index contributed by atoms with van der Waals surface area (Å²) in [6.07, 6.45) is 5.99. The zero-order valence-electron chi connectivity index (χ0n) is 13.5. The van der Waals surface area contributed by atoms with Crippen molar-refractivity contribution in [2.75, 3.05) is 19.6 Å². The van der Waals surface area contributed by atoms with Crippen molar-refractivity contribution in [3.05, 3.63) is 16.3 Å². The van der Waals surface area contributed by atoms with Gasteiger partial charge in [-0.3, -0.25) is 4.79 Å². The molecule has 128 valence electrons. The van der Waals surface area contributed by atoms with Gasteiger partial charge in [0, 0.05) is 25.7 Å². The van der Waals surface area contributed by atoms with Crippen LogP contribution in [0.2, 0.25) is 0 Å². The highest BCUT2D eigenvalue weighted by atomic mass is 32.2. The first-order valence-corrected chi connectivity index (χ1v) is 10.7. The van der Waals surface area contributed by atoms with Gasteiger partial charge in [-0.05, 0) is 50.5 Å². The Morgan fingerprint density at radius 1 is 1.13 bits per heavy atom. The van der Waals surface area contributed by atoms with Gasteiger partial charge in [-0.15, -0.1) is 11.3 Å². The van der Waals surface area contributed by atoms with Crippen LogP contribution in [-0.4, -0.2) is 49.2 Å². The summed E-state index contributed by atoms with van der Waals surface area (Å²) in [4.78, 5) is 15.3. The van der Waals surface area contributed by atoms with Crippen molar-refractivity contribution >= 4 is 27.3 Å². The number of thiophene rings is 1. The van der Waals surface area contributed by atoms with Gasteiger partial charge >= 0.3 is 0 Å². The number of carbonyl (C=O) groups is 1. The van der Waals surface area contributed by atoms with Gasteiger partial charge < -0.3 is 4.90 Å². The van der Waals surface area contributed by atoms with E-state index in [2.05, 4.69) is 0 Å². The maximum absolute atomic E-state index is 12.9. The third-order valence-corrected chi connectivity index (χ3v) is 7.79. The Kier molecular flexibility index (Phi) is 5.08. The average Bonchev–Trinajstić information content (AvgIpc) is 3.06. The van der Waals surface area contributed by atoms with Crippen molar-refractivity contribution in [3.63, 3.8) is 0 Å². The minimum Gasteiger partial charge on any atom is -0.335 e. The van der Waals surface area contributed by atoms with Gasteiger partial charge in [-0.25, -0.2) is 8.42 Å². The minimum atomic E-state index is -3.55. The van der Waals surface area contributed by atoms with E-state index in [1.165, 1.54) is 15.6 Å². The van der Waals surface area contributed by atoms with Gasteiger partial charge in [-0.2, -0.15) is 4.31 Å². The van der Waals surface area contributed by atoms with Crippen molar-refractivity contribution in [1.29, 1.82) is 0 Å². The Labute approximate surface area is 142 Å². The SMILES string of the molecule is CC1CCCCN1C(=O)c1sccc1S(=O)(=O)N1CCCCC1. The van der Waals surface area contributed by atoms with Crippen molar-refractivity contribution < 1.29 is 13.2 Å². The molecule has 1 unspecified atom stereocenters. The van der Waals surface area contributed by atoms with Crippen LogP contribution in [0.4, 0.5) is 0 Å². The molecular formula is C16H24N2O3S2. The number of hydrogen-bond donors (Lipinski definition) is 0. The van der Waals surface area contributed by atoms with E-state index in [0.29, 0.717) is 18.0 Å². The number of piperidine rings is 2. The van der Waals surface area contributed by atoms with E-state index in [4.69, 9.17) is 0 Å². The number of rotatable bonds is 3. The van der Waals surface area contributed by atoms with Crippen LogP contribution in [0, 0.1) is 0 Å². The predicted octanol–water partition coefficient (Wildman–Crippen LogP) is 2.94. The molecule has 1 atom stereocenters. The standard InChI is InChI=1S/C16H24N2O3S2/c1-13-7-3-6-11-18(13)16(19)15-14(8-12-22-15)23(20,21)17-9-4-2-5-10-17/h8,12-13H,2-7,9-11H2,1H3. The van der Waals surface area contributed by atoms with Crippen LogP contribution in [0.25, 0.3) is 0 Å². The van der Waals surface area contributed by atoms with E-state index in [9.17, 15) is 13.2 Å². The normalized spacial score (nSPS) is 23.9. The summed E-state index contributed by atoms with van der Waals surface area (Å²) in [5.74, 6) is -0.122. The van der Waals surface area contributed by atoms with E-state index < -0.39 is 10.0 Å². The lowest BCUT2D eigenvalue weighted by atomic mass is 10.0. The molecule has 1 aromatic rings. The Morgan fingerprint density at radius 2 is 1.83 bits per heavy atom. The Balaban J connectivity index is 1.88. The van der Waals surface area contributed by atoms with Crippen LogP contribution >= 0.6 is 11.3 Å². The fourth-order valence-corrected chi connectivity index (χ4v) is 6.30. The zero-order chi connectivity index (χ0) is 16.4. The second-order valence-electron chi connectivity index (χ2n) is 6.42. The molecule has 0 radical (unpaired) electrons. The lowest BCUT2D eigenvalue weighted by molar-refractivity contribution is 0.0637. The molecule has 2 fully saturated rings. The Hall–Kier alpha value is -0.920. The van der Waals surface area contributed by atoms with Crippen molar-refractivity contribution in [1.82, 2.24) is 9.21 Å². The second kappa shape index (κ2) is 6.91. The minimum absolute atomic E-state index is 0.122. The molecular weight excluding hydrogens is 332 g/mol. The van der Waals surface area contributed by atoms with Crippen molar-refractivity contribution in [2.45, 2.75) is 56.4 Å². The number of carbonyl (C=O) groups excluding carboxylic acids is 1. The predicted molar refractivity (Wildman–Crippen MR) is 91.3 cm³/mol. The monoisotopic (exact) mass is 356 g/mol. The van der Waals surface area contributed by atoms with Gasteiger partial charge in [0.25, 0.3) is 5.91 Å². The second-order valence-corrected chi connectivity index (χ2v) is 9.24.